The molecule has 0 aliphatic carbocycles. The third-order valence-electron chi connectivity index (χ3n) is 2.67. The highest BCUT2D eigenvalue weighted by atomic mass is 32.2. The molecule has 7 heteroatoms. The van der Waals surface area contributed by atoms with Crippen LogP contribution in [0.3, 0.4) is 0 Å². The Morgan fingerprint density at radius 1 is 1.38 bits per heavy atom. The highest BCUT2D eigenvalue weighted by Crippen LogP contribution is 2.34. The van der Waals surface area contributed by atoms with E-state index in [4.69, 9.17) is 0 Å². The number of aliphatic imine (C=N–C) groups is 1. The van der Waals surface area contributed by atoms with Crippen LogP contribution >= 0.6 is 23.5 Å². The number of urea groups is 1. The zero-order chi connectivity index (χ0) is 15.1. The van der Waals surface area contributed by atoms with Crippen molar-refractivity contribution in [2.75, 3.05) is 12.3 Å². The van der Waals surface area contributed by atoms with Crippen molar-refractivity contribution in [3.63, 3.8) is 0 Å². The molecule has 0 fully saturated rings. The number of imide groups is 1. The van der Waals surface area contributed by atoms with E-state index < -0.39 is 6.03 Å². The second-order valence-corrected chi connectivity index (χ2v) is 6.57. The summed E-state index contributed by atoms with van der Waals surface area (Å²) in [7, 11) is 0. The van der Waals surface area contributed by atoms with Gasteiger partial charge in [0.25, 0.3) is 0 Å². The highest BCUT2D eigenvalue weighted by molar-refractivity contribution is 8.38. The minimum absolute atomic E-state index is 0.188. The van der Waals surface area contributed by atoms with Crippen LogP contribution in [-0.2, 0) is 10.5 Å². The van der Waals surface area contributed by atoms with Gasteiger partial charge < -0.3 is 5.32 Å². The van der Waals surface area contributed by atoms with Crippen LogP contribution in [0.4, 0.5) is 10.5 Å². The molecule has 0 aromatic heterocycles. The fourth-order valence-corrected chi connectivity index (χ4v) is 3.52. The van der Waals surface area contributed by atoms with Crippen LogP contribution < -0.4 is 10.6 Å². The topological polar surface area (TPSA) is 70.6 Å². The van der Waals surface area contributed by atoms with Crippen LogP contribution in [-0.4, -0.2) is 28.6 Å². The van der Waals surface area contributed by atoms with Gasteiger partial charge in [-0.1, -0.05) is 48.6 Å². The second kappa shape index (κ2) is 8.09. The summed E-state index contributed by atoms with van der Waals surface area (Å²) in [4.78, 5) is 27.5. The molecule has 1 aliphatic heterocycles. The summed E-state index contributed by atoms with van der Waals surface area (Å²) in [6.07, 6.45) is 0.837. The molecule has 0 saturated carbocycles. The number of nitrogens with one attached hydrogen (secondary N) is 2. The van der Waals surface area contributed by atoms with Crippen molar-refractivity contribution in [1.29, 1.82) is 0 Å². The number of carbonyl (C=O) groups excluding carboxylic acids is 2. The average Bonchev–Trinajstić information content (AvgIpc) is 2.50. The fraction of sp³-hybridized carbons (Fsp3) is 0.357. The van der Waals surface area contributed by atoms with Crippen molar-refractivity contribution < 1.29 is 9.59 Å². The van der Waals surface area contributed by atoms with E-state index in [1.165, 1.54) is 17.3 Å². The molecule has 0 spiro atoms. The third kappa shape index (κ3) is 5.09. The summed E-state index contributed by atoms with van der Waals surface area (Å²) in [6, 6.07) is 7.53. The molecule has 2 N–H and O–H groups in total. The molecule has 0 unspecified atom stereocenters. The Morgan fingerprint density at radius 2 is 2.19 bits per heavy atom. The van der Waals surface area contributed by atoms with Crippen molar-refractivity contribution in [3.05, 3.63) is 29.8 Å². The van der Waals surface area contributed by atoms with Gasteiger partial charge >= 0.3 is 6.03 Å². The number of amides is 3. The largest absolute Gasteiger partial charge is 0.338 e. The lowest BCUT2D eigenvalue weighted by molar-refractivity contribution is -0.117. The van der Waals surface area contributed by atoms with E-state index in [2.05, 4.69) is 21.7 Å². The quantitative estimate of drug-likeness (QED) is 0.894. The average molecular weight is 323 g/mol. The lowest BCUT2D eigenvalue weighted by Gasteiger charge is -2.13. The summed E-state index contributed by atoms with van der Waals surface area (Å²) in [5.74, 6) is 0.740. The summed E-state index contributed by atoms with van der Waals surface area (Å²) in [5.41, 5.74) is 2.16. The number of benzene rings is 1. The maximum Gasteiger partial charge on any atom is 0.321 e. The van der Waals surface area contributed by atoms with Gasteiger partial charge in [-0.25, -0.2) is 9.79 Å². The SMILES string of the molecule is CCCNC(=O)NC(=O)CSC1=Nc2ccccc2CS1. The first-order valence-corrected chi connectivity index (χ1v) is 8.66. The Labute approximate surface area is 132 Å². The maximum atomic E-state index is 11.6. The molecule has 1 heterocycles. The number of carbonyl (C=O) groups is 2. The Morgan fingerprint density at radius 3 is 3.00 bits per heavy atom. The van der Waals surface area contributed by atoms with Gasteiger partial charge in [-0.2, -0.15) is 0 Å². The number of nitrogens with zero attached hydrogens (tertiary/aromatic N) is 1. The molecule has 0 bridgehead atoms. The van der Waals surface area contributed by atoms with E-state index >= 15 is 0 Å². The second-order valence-electron chi connectivity index (χ2n) is 4.39. The number of hydrogen-bond acceptors (Lipinski definition) is 5. The van der Waals surface area contributed by atoms with Crippen LogP contribution in [0.15, 0.2) is 29.3 Å². The van der Waals surface area contributed by atoms with Crippen LogP contribution in [0.2, 0.25) is 0 Å². The van der Waals surface area contributed by atoms with Crippen molar-refractivity contribution in [2.24, 2.45) is 4.99 Å². The Bertz CT molecular complexity index is 561. The predicted octanol–water partition coefficient (Wildman–Crippen LogP) is 2.89. The number of rotatable bonds is 4. The zero-order valence-corrected chi connectivity index (χ0v) is 13.4. The van der Waals surface area contributed by atoms with Crippen molar-refractivity contribution >= 4 is 45.5 Å². The molecule has 1 aliphatic rings. The molecule has 1 aromatic carbocycles. The fourth-order valence-electron chi connectivity index (χ4n) is 1.66. The summed E-state index contributed by atoms with van der Waals surface area (Å²) in [5, 5.41) is 4.90. The van der Waals surface area contributed by atoms with Gasteiger partial charge in [-0.15, -0.1) is 0 Å². The van der Waals surface area contributed by atoms with Crippen molar-refractivity contribution in [2.45, 2.75) is 19.1 Å². The number of fused-ring (bicyclic) bond motifs is 1. The van der Waals surface area contributed by atoms with E-state index in [0.29, 0.717) is 6.54 Å². The molecule has 5 nitrogen and oxygen atoms in total. The molecule has 0 atom stereocenters. The van der Waals surface area contributed by atoms with Gasteiger partial charge in [0, 0.05) is 12.3 Å². The predicted molar refractivity (Wildman–Crippen MR) is 89.1 cm³/mol. The number of para-hydroxylation sites is 1. The monoisotopic (exact) mass is 323 g/mol. The van der Waals surface area contributed by atoms with E-state index in [-0.39, 0.29) is 11.7 Å². The molecule has 1 aromatic rings. The van der Waals surface area contributed by atoms with Crippen LogP contribution in [0, 0.1) is 0 Å². The third-order valence-corrected chi connectivity index (χ3v) is 4.92. The van der Waals surface area contributed by atoms with Gasteiger partial charge in [0.05, 0.1) is 11.4 Å². The van der Waals surface area contributed by atoms with E-state index in [1.54, 1.807) is 11.8 Å². The lowest BCUT2D eigenvalue weighted by atomic mass is 10.2. The molecule has 3 amide bonds. The Kier molecular flexibility index (Phi) is 6.13. The summed E-state index contributed by atoms with van der Waals surface area (Å²) >= 11 is 2.97. The van der Waals surface area contributed by atoms with Gasteiger partial charge in [0.2, 0.25) is 5.91 Å². The van der Waals surface area contributed by atoms with Crippen LogP contribution in [0.25, 0.3) is 0 Å². The number of hydrogen-bond donors (Lipinski definition) is 2. The highest BCUT2D eigenvalue weighted by Gasteiger charge is 2.14. The zero-order valence-electron chi connectivity index (χ0n) is 11.7. The van der Waals surface area contributed by atoms with Crippen molar-refractivity contribution in [3.8, 4) is 0 Å². The first-order chi connectivity index (χ1) is 10.2. The molecule has 0 radical (unpaired) electrons. The van der Waals surface area contributed by atoms with Gasteiger partial charge in [-0.3, -0.25) is 10.1 Å². The molecule has 0 saturated heterocycles. The molecule has 2 rings (SSSR count). The summed E-state index contributed by atoms with van der Waals surface area (Å²) < 4.78 is 0.859. The normalized spacial score (nSPS) is 13.1. The molecule has 112 valence electrons. The van der Waals surface area contributed by atoms with Crippen LogP contribution in [0.5, 0.6) is 0 Å². The maximum absolute atomic E-state index is 11.6. The van der Waals surface area contributed by atoms with Crippen molar-refractivity contribution in [1.82, 2.24) is 10.6 Å². The Balaban J connectivity index is 1.80. The first-order valence-electron chi connectivity index (χ1n) is 6.69. The van der Waals surface area contributed by atoms with Gasteiger partial charge in [-0.05, 0) is 18.1 Å². The smallest absolute Gasteiger partial charge is 0.321 e. The molecule has 21 heavy (non-hydrogen) atoms. The summed E-state index contributed by atoms with van der Waals surface area (Å²) in [6.45, 7) is 2.51. The van der Waals surface area contributed by atoms with E-state index in [9.17, 15) is 9.59 Å². The minimum atomic E-state index is -0.439. The standard InChI is InChI=1S/C14H17N3O2S2/c1-2-7-15-13(19)17-12(18)9-21-14-16-11-6-4-3-5-10(11)8-20-14/h3-6H,2,7-9H2,1H3,(H2,15,17,18,19). The van der Waals surface area contributed by atoms with Gasteiger partial charge in [0.15, 0.2) is 0 Å². The minimum Gasteiger partial charge on any atom is -0.338 e. The number of thioether (sulfide) groups is 2. The van der Waals surface area contributed by atoms with E-state index in [0.717, 1.165) is 22.2 Å². The van der Waals surface area contributed by atoms with E-state index in [1.807, 2.05) is 25.1 Å². The lowest BCUT2D eigenvalue weighted by Crippen LogP contribution is -2.40. The Hall–Kier alpha value is -1.47. The van der Waals surface area contributed by atoms with Crippen LogP contribution in [0.1, 0.15) is 18.9 Å². The molecular formula is C14H17N3O2S2. The van der Waals surface area contributed by atoms with Gasteiger partial charge in [0.1, 0.15) is 4.38 Å². The first kappa shape index (κ1) is 15.9. The molecular weight excluding hydrogens is 306 g/mol.